The number of hydroxylamine groups is 3. The van der Waals surface area contributed by atoms with E-state index in [-0.39, 0.29) is 43.0 Å². The first-order valence-electron chi connectivity index (χ1n) is 14.0. The number of nitrogens with one attached hydrogen (secondary N) is 1. The Hall–Kier alpha value is -2.43. The average Bonchev–Trinajstić information content (AvgIpc) is 2.74. The third-order valence-corrected chi connectivity index (χ3v) is 6.96. The van der Waals surface area contributed by atoms with Crippen molar-refractivity contribution in [3.05, 3.63) is 23.2 Å². The Balaban J connectivity index is 2.64. The maximum Gasteiger partial charge on any atom is 0.412 e. The monoisotopic (exact) mass is 553 g/mol. The second-order valence-corrected chi connectivity index (χ2v) is 12.6. The number of nitrogens with zero attached hydrogens (tertiary/aromatic N) is 1. The normalized spacial score (nSPS) is 25.4. The van der Waals surface area contributed by atoms with Gasteiger partial charge in [0.25, 0.3) is 0 Å². The molecule has 39 heavy (non-hydrogen) atoms. The lowest BCUT2D eigenvalue weighted by molar-refractivity contribution is -1.01. The average molecular weight is 554 g/mol. The number of allylic oxidation sites excluding steroid dienone is 1. The van der Waals surface area contributed by atoms with Crippen molar-refractivity contribution >= 4 is 18.0 Å². The number of carbonyl (C=O) groups is 3. The van der Waals surface area contributed by atoms with Crippen LogP contribution in [0.5, 0.6) is 0 Å². The number of quaternary nitrogens is 1. The first-order chi connectivity index (χ1) is 17.9. The number of alkyl carbamates (subject to hydrolysis) is 1. The summed E-state index contributed by atoms with van der Waals surface area (Å²) in [6.45, 7) is 17.1. The van der Waals surface area contributed by atoms with E-state index in [9.17, 15) is 19.6 Å². The zero-order valence-electron chi connectivity index (χ0n) is 25.1. The second-order valence-electron chi connectivity index (χ2n) is 12.6. The number of carbonyl (C=O) groups excluding carboxylic acids is 2. The molecule has 1 heterocycles. The van der Waals surface area contributed by atoms with Crippen LogP contribution in [-0.2, 0) is 23.8 Å². The van der Waals surface area contributed by atoms with E-state index < -0.39 is 45.7 Å². The lowest BCUT2D eigenvalue weighted by Crippen LogP contribution is -2.61. The summed E-state index contributed by atoms with van der Waals surface area (Å²) in [5.41, 5.74) is -0.879. The smallest absolute Gasteiger partial charge is 0.412 e. The van der Waals surface area contributed by atoms with Crippen LogP contribution in [0.3, 0.4) is 0 Å². The second kappa shape index (κ2) is 12.8. The van der Waals surface area contributed by atoms with Crippen LogP contribution in [0.15, 0.2) is 23.2 Å². The Morgan fingerprint density at radius 2 is 1.87 bits per heavy atom. The number of carboxylic acids is 1. The molecule has 0 saturated carbocycles. The molecular weight excluding hydrogens is 504 g/mol. The minimum absolute atomic E-state index is 0.0469. The number of carboxylic acid groups (broad SMARTS) is 1. The van der Waals surface area contributed by atoms with Gasteiger partial charge in [0.1, 0.15) is 17.4 Å². The third kappa shape index (κ3) is 8.53. The minimum Gasteiger partial charge on any atom is -0.482 e. The van der Waals surface area contributed by atoms with Gasteiger partial charge in [0.2, 0.25) is 5.70 Å². The summed E-state index contributed by atoms with van der Waals surface area (Å²) in [5, 5.41) is 24.2. The molecular formula is C29H49N2O8+. The highest BCUT2D eigenvalue weighted by atomic mass is 16.6. The van der Waals surface area contributed by atoms with Crippen molar-refractivity contribution in [3.63, 3.8) is 0 Å². The zero-order chi connectivity index (χ0) is 29.8. The molecule has 0 unspecified atom stereocenters. The van der Waals surface area contributed by atoms with E-state index in [2.05, 4.69) is 5.32 Å². The van der Waals surface area contributed by atoms with Crippen LogP contribution in [0.2, 0.25) is 0 Å². The number of aliphatic carboxylic acids is 1. The molecule has 1 aliphatic carbocycles. The minimum atomic E-state index is -1.05. The molecule has 222 valence electrons. The Labute approximate surface area is 232 Å². The van der Waals surface area contributed by atoms with Gasteiger partial charge in [-0.2, -0.15) is 0 Å². The van der Waals surface area contributed by atoms with Crippen molar-refractivity contribution in [1.29, 1.82) is 0 Å². The van der Waals surface area contributed by atoms with Crippen molar-refractivity contribution in [2.24, 2.45) is 17.3 Å². The summed E-state index contributed by atoms with van der Waals surface area (Å²) < 4.78 is 16.8. The highest BCUT2D eigenvalue weighted by Crippen LogP contribution is 2.48. The lowest BCUT2D eigenvalue weighted by atomic mass is 9.72. The van der Waals surface area contributed by atoms with E-state index in [1.54, 1.807) is 27.7 Å². The highest BCUT2D eigenvalue weighted by Gasteiger charge is 2.57. The molecule has 2 rings (SSSR count). The molecule has 4 atom stereocenters. The number of rotatable bonds is 11. The van der Waals surface area contributed by atoms with E-state index >= 15 is 0 Å². The fraction of sp³-hybridized carbons (Fsp3) is 0.759. The standard InChI is InChI=1S/C29H48N2O8/c1-10-12-20(13-11-14-23(32)33)26(34)31(36)16-19(4)38-25-21(17-37-18(2)3)29(8,9)15-22(24(25)31)30-27(35)39-28(5,6)7/h15,18-21,36H,10-14,16-17H2,1-9H3,(H-,30,32,33,35)/p+1/t19-,20+,21-,31+/m1/s1. The summed E-state index contributed by atoms with van der Waals surface area (Å²) in [6.07, 6.45) is 2.37. The van der Waals surface area contributed by atoms with Gasteiger partial charge in [-0.15, -0.1) is 0 Å². The number of amides is 2. The molecule has 2 amide bonds. The predicted molar refractivity (Wildman–Crippen MR) is 145 cm³/mol. The van der Waals surface area contributed by atoms with Gasteiger partial charge in [-0.1, -0.05) is 31.8 Å². The van der Waals surface area contributed by atoms with Crippen LogP contribution < -0.4 is 5.32 Å². The molecule has 10 nitrogen and oxygen atoms in total. The lowest BCUT2D eigenvalue weighted by Gasteiger charge is -2.46. The summed E-state index contributed by atoms with van der Waals surface area (Å²) in [5.74, 6) is -1.86. The van der Waals surface area contributed by atoms with Crippen LogP contribution in [0.25, 0.3) is 0 Å². The van der Waals surface area contributed by atoms with Gasteiger partial charge in [0, 0.05) is 6.42 Å². The van der Waals surface area contributed by atoms with Gasteiger partial charge in [-0.05, 0) is 72.3 Å². The van der Waals surface area contributed by atoms with Crippen molar-refractivity contribution < 1.29 is 43.6 Å². The van der Waals surface area contributed by atoms with Gasteiger partial charge in [-0.3, -0.25) is 10.1 Å². The van der Waals surface area contributed by atoms with Crippen LogP contribution in [0.1, 0.15) is 94.4 Å². The summed E-state index contributed by atoms with van der Waals surface area (Å²) in [4.78, 5) is 38.2. The molecule has 0 fully saturated rings. The molecule has 10 heteroatoms. The summed E-state index contributed by atoms with van der Waals surface area (Å²) in [6, 6.07) is 0. The van der Waals surface area contributed by atoms with Gasteiger partial charge >= 0.3 is 18.0 Å². The SMILES string of the molecule is CCC[C@@H](CCCC(=O)O)C(=O)[N@+]1(O)C[C@@H](C)OC2=C1C(NC(=O)OC(C)(C)C)=CC(C)(C)[C@@H]2COC(C)C. The number of ether oxygens (including phenoxy) is 3. The number of hydrogen-bond donors (Lipinski definition) is 3. The maximum atomic E-state index is 14.2. The topological polar surface area (TPSA) is 131 Å². The first kappa shape index (κ1) is 32.8. The van der Waals surface area contributed by atoms with Crippen molar-refractivity contribution in [1.82, 2.24) is 5.32 Å². The Bertz CT molecular complexity index is 978. The van der Waals surface area contributed by atoms with Crippen molar-refractivity contribution in [3.8, 4) is 0 Å². The molecule has 0 aromatic rings. The van der Waals surface area contributed by atoms with Crippen LogP contribution >= 0.6 is 0 Å². The fourth-order valence-corrected chi connectivity index (χ4v) is 5.24. The summed E-state index contributed by atoms with van der Waals surface area (Å²) in [7, 11) is 0. The van der Waals surface area contributed by atoms with Gasteiger partial charge < -0.3 is 19.3 Å². The molecule has 0 bridgehead atoms. The van der Waals surface area contributed by atoms with E-state index in [0.717, 1.165) is 0 Å². The van der Waals surface area contributed by atoms with Crippen molar-refractivity contribution in [2.75, 3.05) is 13.2 Å². The Morgan fingerprint density at radius 1 is 1.23 bits per heavy atom. The van der Waals surface area contributed by atoms with Crippen molar-refractivity contribution in [2.45, 2.75) is 112 Å². The maximum absolute atomic E-state index is 14.2. The van der Waals surface area contributed by atoms with E-state index in [4.69, 9.17) is 19.3 Å². The quantitative estimate of drug-likeness (QED) is 0.225. The van der Waals surface area contributed by atoms with Gasteiger partial charge in [-0.25, -0.2) is 14.8 Å². The van der Waals surface area contributed by atoms with Gasteiger partial charge in [0.15, 0.2) is 12.3 Å². The highest BCUT2D eigenvalue weighted by molar-refractivity contribution is 5.75. The van der Waals surface area contributed by atoms with Crippen LogP contribution in [0.4, 0.5) is 4.79 Å². The van der Waals surface area contributed by atoms with E-state index in [0.29, 0.717) is 31.4 Å². The molecule has 0 radical (unpaired) electrons. The zero-order valence-corrected chi connectivity index (χ0v) is 25.1. The molecule has 0 spiro atoms. The van der Waals surface area contributed by atoms with E-state index in [1.807, 2.05) is 40.7 Å². The molecule has 0 saturated heterocycles. The largest absolute Gasteiger partial charge is 0.482 e. The summed E-state index contributed by atoms with van der Waals surface area (Å²) >= 11 is 0. The van der Waals surface area contributed by atoms with E-state index in [1.165, 1.54) is 0 Å². The molecule has 0 aromatic heterocycles. The van der Waals surface area contributed by atoms with Gasteiger partial charge in [0.05, 0.1) is 24.5 Å². The number of hydrogen-bond acceptors (Lipinski definition) is 7. The predicted octanol–water partition coefficient (Wildman–Crippen LogP) is 5.51. The van der Waals surface area contributed by atoms with Crippen LogP contribution in [0, 0.1) is 17.3 Å². The molecule has 2 aliphatic rings. The first-order valence-corrected chi connectivity index (χ1v) is 14.0. The Kier molecular flexibility index (Phi) is 10.8. The van der Waals surface area contributed by atoms with Crippen LogP contribution in [-0.4, -0.2) is 63.9 Å². The molecule has 3 N–H and O–H groups in total. The Morgan fingerprint density at radius 3 is 2.41 bits per heavy atom. The molecule has 0 aromatic carbocycles. The third-order valence-electron chi connectivity index (χ3n) is 6.96. The molecule has 1 aliphatic heterocycles. The fourth-order valence-electron chi connectivity index (χ4n) is 5.24.